The Morgan fingerprint density at radius 2 is 2.05 bits per heavy atom. The first-order chi connectivity index (χ1) is 8.99. The molecule has 0 spiro atoms. The molecule has 5 nitrogen and oxygen atoms in total. The Bertz CT molecular complexity index is 488. The molecular weight excluding hydrogens is 242 g/mol. The van der Waals surface area contributed by atoms with Crippen LogP contribution in [0.1, 0.15) is 47.3 Å². The van der Waals surface area contributed by atoms with Gasteiger partial charge in [0.05, 0.1) is 0 Å². The van der Waals surface area contributed by atoms with E-state index in [1.165, 1.54) is 0 Å². The number of hydrogen-bond acceptors (Lipinski definition) is 4. The summed E-state index contributed by atoms with van der Waals surface area (Å²) in [6.45, 7) is 3.70. The first kappa shape index (κ1) is 13.8. The molecule has 1 aromatic heterocycles. The maximum Gasteiger partial charge on any atom is 0.254 e. The molecular formula is C14H21N3O2. The van der Waals surface area contributed by atoms with Crippen LogP contribution in [0.4, 0.5) is 0 Å². The predicted molar refractivity (Wildman–Crippen MR) is 73.1 cm³/mol. The van der Waals surface area contributed by atoms with E-state index in [9.17, 15) is 4.79 Å². The van der Waals surface area contributed by atoms with E-state index in [4.69, 9.17) is 16.2 Å². The van der Waals surface area contributed by atoms with E-state index in [-0.39, 0.29) is 12.1 Å². The Morgan fingerprint density at radius 1 is 1.37 bits per heavy atom. The van der Waals surface area contributed by atoms with Crippen LogP contribution >= 0.6 is 0 Å². The Hall–Kier alpha value is -1.62. The lowest BCUT2D eigenvalue weighted by atomic mass is 9.93. The van der Waals surface area contributed by atoms with Gasteiger partial charge in [-0.3, -0.25) is 4.79 Å². The minimum absolute atomic E-state index is 0.00269. The van der Waals surface area contributed by atoms with Gasteiger partial charge in [0.15, 0.2) is 0 Å². The van der Waals surface area contributed by atoms with E-state index in [0.29, 0.717) is 11.4 Å². The first-order valence-electron chi connectivity index (χ1n) is 6.69. The molecule has 1 aliphatic rings. The van der Waals surface area contributed by atoms with Gasteiger partial charge in [0.1, 0.15) is 11.7 Å². The maximum atomic E-state index is 11.5. The van der Waals surface area contributed by atoms with Gasteiger partial charge < -0.3 is 16.2 Å². The van der Waals surface area contributed by atoms with E-state index in [1.807, 2.05) is 19.9 Å². The Kier molecular flexibility index (Phi) is 4.04. The average Bonchev–Trinajstić information content (AvgIpc) is 2.30. The third-order valence-electron chi connectivity index (χ3n) is 3.57. The Balaban J connectivity index is 2.30. The average molecular weight is 263 g/mol. The molecule has 4 N–H and O–H groups in total. The molecule has 2 atom stereocenters. The number of aryl methyl sites for hydroxylation is 2. The summed E-state index contributed by atoms with van der Waals surface area (Å²) in [4.78, 5) is 15.9. The van der Waals surface area contributed by atoms with Gasteiger partial charge >= 0.3 is 0 Å². The van der Waals surface area contributed by atoms with Crippen molar-refractivity contribution >= 4 is 5.91 Å². The molecule has 1 aromatic rings. The number of primary amides is 1. The molecule has 2 unspecified atom stereocenters. The molecule has 2 rings (SSSR count). The molecule has 0 aliphatic heterocycles. The van der Waals surface area contributed by atoms with Crippen molar-refractivity contribution in [3.05, 3.63) is 22.9 Å². The van der Waals surface area contributed by atoms with Crippen molar-refractivity contribution < 1.29 is 9.53 Å². The fraction of sp³-hybridized carbons (Fsp3) is 0.571. The molecule has 0 radical (unpaired) electrons. The van der Waals surface area contributed by atoms with Crippen LogP contribution in [0.5, 0.6) is 5.88 Å². The largest absolute Gasteiger partial charge is 0.472 e. The van der Waals surface area contributed by atoms with Crippen LogP contribution in [-0.4, -0.2) is 23.0 Å². The van der Waals surface area contributed by atoms with Crippen LogP contribution in [0.3, 0.4) is 0 Å². The number of rotatable bonds is 3. The first-order valence-corrected chi connectivity index (χ1v) is 6.69. The summed E-state index contributed by atoms with van der Waals surface area (Å²) < 4.78 is 5.88. The summed E-state index contributed by atoms with van der Waals surface area (Å²) in [5.41, 5.74) is 13.4. The number of hydrogen-bond donors (Lipinski definition) is 2. The summed E-state index contributed by atoms with van der Waals surface area (Å²) in [5.74, 6) is -0.184. The molecule has 5 heteroatoms. The monoisotopic (exact) mass is 263 g/mol. The molecule has 1 saturated carbocycles. The van der Waals surface area contributed by atoms with Crippen LogP contribution in [0.15, 0.2) is 6.07 Å². The van der Waals surface area contributed by atoms with Crippen molar-refractivity contribution in [2.45, 2.75) is 51.7 Å². The van der Waals surface area contributed by atoms with Gasteiger partial charge in [0.25, 0.3) is 5.91 Å². The van der Waals surface area contributed by atoms with Crippen LogP contribution < -0.4 is 16.2 Å². The van der Waals surface area contributed by atoms with Crippen molar-refractivity contribution in [1.29, 1.82) is 0 Å². The second-order valence-electron chi connectivity index (χ2n) is 5.23. The number of aromatic nitrogens is 1. The predicted octanol–water partition coefficient (Wildman–Crippen LogP) is 1.45. The number of nitrogens with two attached hydrogens (primary N) is 2. The molecule has 0 aromatic carbocycles. The fourth-order valence-corrected chi connectivity index (χ4v) is 2.60. The summed E-state index contributed by atoms with van der Waals surface area (Å²) in [6.07, 6.45) is 3.98. The molecule has 19 heavy (non-hydrogen) atoms. The minimum atomic E-state index is -0.510. The quantitative estimate of drug-likeness (QED) is 0.863. The summed E-state index contributed by atoms with van der Waals surface area (Å²) in [7, 11) is 0. The highest BCUT2D eigenvalue weighted by Crippen LogP contribution is 2.26. The van der Waals surface area contributed by atoms with E-state index in [2.05, 4.69) is 4.98 Å². The van der Waals surface area contributed by atoms with E-state index >= 15 is 0 Å². The molecule has 1 heterocycles. The highest BCUT2D eigenvalue weighted by atomic mass is 16.5. The number of amides is 1. The van der Waals surface area contributed by atoms with Gasteiger partial charge in [0, 0.05) is 11.7 Å². The standard InChI is InChI=1S/C14H21N3O2/c1-8-7-9(2)17-14(12(8)13(16)18)19-11-6-4-3-5-10(11)15/h7,10-11H,3-6,15H2,1-2H3,(H2,16,18). The number of pyridine rings is 1. The van der Waals surface area contributed by atoms with Gasteiger partial charge in [-0.25, -0.2) is 4.98 Å². The molecule has 0 bridgehead atoms. The highest BCUT2D eigenvalue weighted by molar-refractivity contribution is 5.96. The van der Waals surface area contributed by atoms with E-state index in [0.717, 1.165) is 36.9 Å². The SMILES string of the molecule is Cc1cc(C)c(C(N)=O)c(OC2CCCCC2N)n1. The number of ether oxygens (including phenoxy) is 1. The third-order valence-corrected chi connectivity index (χ3v) is 3.57. The number of carbonyl (C=O) groups is 1. The summed E-state index contributed by atoms with van der Waals surface area (Å²) in [6, 6.07) is 1.82. The molecule has 1 fully saturated rings. The smallest absolute Gasteiger partial charge is 0.254 e. The van der Waals surface area contributed by atoms with Crippen molar-refractivity contribution in [1.82, 2.24) is 4.98 Å². The van der Waals surface area contributed by atoms with Crippen LogP contribution in [0, 0.1) is 13.8 Å². The maximum absolute atomic E-state index is 11.5. The van der Waals surface area contributed by atoms with Gasteiger partial charge in [-0.15, -0.1) is 0 Å². The lowest BCUT2D eigenvalue weighted by Gasteiger charge is -2.29. The number of carbonyl (C=O) groups excluding carboxylic acids is 1. The van der Waals surface area contributed by atoms with Crippen LogP contribution in [-0.2, 0) is 0 Å². The minimum Gasteiger partial charge on any atom is -0.472 e. The lowest BCUT2D eigenvalue weighted by molar-refractivity contribution is 0.0974. The van der Waals surface area contributed by atoms with Crippen molar-refractivity contribution in [2.75, 3.05) is 0 Å². The number of nitrogens with zero attached hydrogens (tertiary/aromatic N) is 1. The molecule has 1 amide bonds. The van der Waals surface area contributed by atoms with Crippen molar-refractivity contribution in [3.8, 4) is 5.88 Å². The van der Waals surface area contributed by atoms with Gasteiger partial charge in [-0.1, -0.05) is 6.42 Å². The van der Waals surface area contributed by atoms with E-state index in [1.54, 1.807) is 0 Å². The summed E-state index contributed by atoms with van der Waals surface area (Å²) >= 11 is 0. The van der Waals surface area contributed by atoms with Crippen LogP contribution in [0.25, 0.3) is 0 Å². The fourth-order valence-electron chi connectivity index (χ4n) is 2.60. The zero-order chi connectivity index (χ0) is 14.0. The second-order valence-corrected chi connectivity index (χ2v) is 5.23. The second kappa shape index (κ2) is 5.57. The van der Waals surface area contributed by atoms with Crippen LogP contribution in [0.2, 0.25) is 0 Å². The summed E-state index contributed by atoms with van der Waals surface area (Å²) in [5, 5.41) is 0. The molecule has 0 saturated heterocycles. The third kappa shape index (κ3) is 3.04. The zero-order valence-electron chi connectivity index (χ0n) is 11.5. The molecule has 104 valence electrons. The van der Waals surface area contributed by atoms with E-state index < -0.39 is 5.91 Å². The van der Waals surface area contributed by atoms with Gasteiger partial charge in [-0.2, -0.15) is 0 Å². The Labute approximate surface area is 113 Å². The Morgan fingerprint density at radius 3 is 2.68 bits per heavy atom. The van der Waals surface area contributed by atoms with Crippen molar-refractivity contribution in [3.63, 3.8) is 0 Å². The van der Waals surface area contributed by atoms with Gasteiger partial charge in [0.2, 0.25) is 5.88 Å². The highest BCUT2D eigenvalue weighted by Gasteiger charge is 2.26. The normalized spacial score (nSPS) is 23.1. The lowest BCUT2D eigenvalue weighted by Crippen LogP contribution is -2.41. The topological polar surface area (TPSA) is 91.2 Å². The van der Waals surface area contributed by atoms with Crippen molar-refractivity contribution in [2.24, 2.45) is 11.5 Å². The van der Waals surface area contributed by atoms with Gasteiger partial charge in [-0.05, 0) is 44.7 Å². The zero-order valence-corrected chi connectivity index (χ0v) is 11.5. The molecule has 1 aliphatic carbocycles.